The lowest BCUT2D eigenvalue weighted by Crippen LogP contribution is -2.30. The Bertz CT molecular complexity index is 1040. The Kier molecular flexibility index (Phi) is 7.04. The molecule has 172 valence electrons. The number of anilines is 2. The smallest absolute Gasteiger partial charge is 0.337 e. The van der Waals surface area contributed by atoms with Crippen molar-refractivity contribution in [3.05, 3.63) is 53.6 Å². The van der Waals surface area contributed by atoms with Crippen molar-refractivity contribution in [1.82, 2.24) is 0 Å². The number of methoxy groups -OCH3 is 1. The van der Waals surface area contributed by atoms with Gasteiger partial charge in [0.1, 0.15) is 0 Å². The second-order valence-corrected chi connectivity index (χ2v) is 10.5. The maximum atomic E-state index is 13.2. The third kappa shape index (κ3) is 5.09. The topological polar surface area (TPSA) is 75.7 Å². The lowest BCUT2D eigenvalue weighted by Gasteiger charge is -2.31. The molecule has 6 nitrogen and oxygen atoms in total. The van der Waals surface area contributed by atoms with Crippen molar-refractivity contribution in [3.63, 3.8) is 0 Å². The van der Waals surface area contributed by atoms with Gasteiger partial charge in [-0.15, -0.1) is 0 Å². The fraction of sp³-hybridized carbons (Fsp3) is 0.480. The molecular formula is C25H32N2O4S. The van der Waals surface area contributed by atoms with Gasteiger partial charge in [-0.25, -0.2) is 13.2 Å². The van der Waals surface area contributed by atoms with Crippen molar-refractivity contribution in [2.75, 3.05) is 29.8 Å². The van der Waals surface area contributed by atoms with Gasteiger partial charge >= 0.3 is 5.97 Å². The number of carbonyl (C=O) groups is 1. The van der Waals surface area contributed by atoms with E-state index in [1.165, 1.54) is 51.2 Å². The van der Waals surface area contributed by atoms with Gasteiger partial charge in [-0.3, -0.25) is 4.72 Å². The second-order valence-electron chi connectivity index (χ2n) is 8.78. The summed E-state index contributed by atoms with van der Waals surface area (Å²) >= 11 is 0. The van der Waals surface area contributed by atoms with Gasteiger partial charge in [0.15, 0.2) is 0 Å². The molecule has 2 aliphatic rings. The van der Waals surface area contributed by atoms with Gasteiger partial charge in [0.05, 0.1) is 28.9 Å². The third-order valence-corrected chi connectivity index (χ3v) is 8.01. The molecule has 32 heavy (non-hydrogen) atoms. The first-order valence-corrected chi connectivity index (χ1v) is 13.1. The highest BCUT2D eigenvalue weighted by molar-refractivity contribution is 7.92. The number of ether oxygens (including phenoxy) is 1. The van der Waals surface area contributed by atoms with Gasteiger partial charge in [0.25, 0.3) is 10.0 Å². The number of nitrogens with one attached hydrogen (secondary N) is 1. The normalized spacial score (nSPS) is 17.7. The van der Waals surface area contributed by atoms with Crippen LogP contribution in [-0.2, 0) is 14.8 Å². The summed E-state index contributed by atoms with van der Waals surface area (Å²) in [7, 11) is -2.48. The maximum absolute atomic E-state index is 13.2. The molecule has 0 amide bonds. The van der Waals surface area contributed by atoms with Crippen LogP contribution in [0.25, 0.3) is 0 Å². The first-order valence-electron chi connectivity index (χ1n) is 11.6. The Morgan fingerprint density at radius 2 is 1.59 bits per heavy atom. The fourth-order valence-corrected chi connectivity index (χ4v) is 5.90. The zero-order valence-electron chi connectivity index (χ0n) is 18.7. The van der Waals surface area contributed by atoms with Crippen molar-refractivity contribution in [3.8, 4) is 0 Å². The number of hydrogen-bond acceptors (Lipinski definition) is 5. The molecule has 1 saturated carbocycles. The quantitative estimate of drug-likeness (QED) is 0.596. The number of piperidine rings is 1. The summed E-state index contributed by atoms with van der Waals surface area (Å²) in [6.45, 7) is 1.73. The van der Waals surface area contributed by atoms with Crippen LogP contribution < -0.4 is 9.62 Å². The largest absolute Gasteiger partial charge is 0.465 e. The summed E-state index contributed by atoms with van der Waals surface area (Å²) < 4.78 is 34.0. The Labute approximate surface area is 191 Å². The van der Waals surface area contributed by atoms with Crippen LogP contribution in [-0.4, -0.2) is 34.6 Å². The van der Waals surface area contributed by atoms with Crippen LogP contribution in [0.2, 0.25) is 0 Å². The van der Waals surface area contributed by atoms with Crippen LogP contribution in [0, 0.1) is 0 Å². The number of esters is 1. The summed E-state index contributed by atoms with van der Waals surface area (Å²) in [6, 6.07) is 12.3. The van der Waals surface area contributed by atoms with Crippen molar-refractivity contribution in [1.29, 1.82) is 0 Å². The Morgan fingerprint density at radius 1 is 0.938 bits per heavy atom. The standard InChI is InChI=1S/C25H32N2O4S/c1-31-25(28)21-12-15-24(27-16-6-3-7-17-27)23(18-21)26-32(29,30)22-13-10-20(11-14-22)19-8-4-2-5-9-19/h10-15,18-19,26H,2-9,16-17H2,1H3. The van der Waals surface area contributed by atoms with E-state index < -0.39 is 16.0 Å². The van der Waals surface area contributed by atoms with Gasteiger partial charge in [0, 0.05) is 13.1 Å². The highest BCUT2D eigenvalue weighted by Gasteiger charge is 2.22. The summed E-state index contributed by atoms with van der Waals surface area (Å²) in [5, 5.41) is 0. The molecule has 1 heterocycles. The summed E-state index contributed by atoms with van der Waals surface area (Å²) in [6.07, 6.45) is 9.40. The first-order chi connectivity index (χ1) is 15.5. The zero-order valence-corrected chi connectivity index (χ0v) is 19.5. The number of carbonyl (C=O) groups excluding carboxylic acids is 1. The number of nitrogens with zero attached hydrogens (tertiary/aromatic N) is 1. The molecule has 1 N–H and O–H groups in total. The zero-order chi connectivity index (χ0) is 22.6. The van der Waals surface area contributed by atoms with E-state index in [-0.39, 0.29) is 4.90 Å². The van der Waals surface area contributed by atoms with Crippen LogP contribution in [0.15, 0.2) is 47.4 Å². The van der Waals surface area contributed by atoms with Crippen LogP contribution >= 0.6 is 0 Å². The Balaban J connectivity index is 1.61. The highest BCUT2D eigenvalue weighted by atomic mass is 32.2. The van der Waals surface area contributed by atoms with Gasteiger partial charge in [-0.05, 0) is 73.9 Å². The minimum absolute atomic E-state index is 0.227. The Morgan fingerprint density at radius 3 is 2.25 bits per heavy atom. The highest BCUT2D eigenvalue weighted by Crippen LogP contribution is 2.34. The molecule has 2 aromatic carbocycles. The van der Waals surface area contributed by atoms with E-state index in [0.717, 1.165) is 31.6 Å². The van der Waals surface area contributed by atoms with Gasteiger partial charge in [-0.1, -0.05) is 31.4 Å². The van der Waals surface area contributed by atoms with E-state index in [9.17, 15) is 13.2 Å². The number of benzene rings is 2. The van der Waals surface area contributed by atoms with Crippen molar-refractivity contribution in [2.45, 2.75) is 62.2 Å². The summed E-state index contributed by atoms with van der Waals surface area (Å²) in [4.78, 5) is 14.5. The van der Waals surface area contributed by atoms with Gasteiger partial charge in [0.2, 0.25) is 0 Å². The minimum Gasteiger partial charge on any atom is -0.465 e. The number of rotatable bonds is 6. The van der Waals surface area contributed by atoms with Crippen molar-refractivity contribution in [2.24, 2.45) is 0 Å². The maximum Gasteiger partial charge on any atom is 0.337 e. The lowest BCUT2D eigenvalue weighted by atomic mass is 9.84. The minimum atomic E-state index is -3.80. The van der Waals surface area contributed by atoms with E-state index >= 15 is 0 Å². The van der Waals surface area contributed by atoms with E-state index in [2.05, 4.69) is 9.62 Å². The van der Waals surface area contributed by atoms with Crippen LogP contribution in [0.5, 0.6) is 0 Å². The summed E-state index contributed by atoms with van der Waals surface area (Å²) in [5.41, 5.74) is 2.73. The van der Waals surface area contributed by atoms with Crippen LogP contribution in [0.1, 0.15) is 73.2 Å². The number of sulfonamides is 1. The second kappa shape index (κ2) is 9.94. The van der Waals surface area contributed by atoms with Crippen LogP contribution in [0.3, 0.4) is 0 Å². The average molecular weight is 457 g/mol. The van der Waals surface area contributed by atoms with E-state index in [1.807, 2.05) is 18.2 Å². The monoisotopic (exact) mass is 456 g/mol. The molecule has 0 radical (unpaired) electrons. The van der Waals surface area contributed by atoms with Crippen molar-refractivity contribution < 1.29 is 17.9 Å². The Hall–Kier alpha value is -2.54. The molecule has 1 aliphatic heterocycles. The molecule has 0 spiro atoms. The molecule has 0 atom stereocenters. The molecule has 7 heteroatoms. The average Bonchev–Trinajstić information content (AvgIpc) is 2.84. The third-order valence-electron chi connectivity index (χ3n) is 6.63. The van der Waals surface area contributed by atoms with Crippen LogP contribution in [0.4, 0.5) is 11.4 Å². The number of hydrogen-bond donors (Lipinski definition) is 1. The molecule has 0 unspecified atom stereocenters. The fourth-order valence-electron chi connectivity index (χ4n) is 4.83. The van der Waals surface area contributed by atoms with E-state index in [1.54, 1.807) is 24.3 Å². The molecule has 1 saturated heterocycles. The van der Waals surface area contributed by atoms with E-state index in [4.69, 9.17) is 4.74 Å². The predicted octanol–water partition coefficient (Wildman–Crippen LogP) is 5.31. The molecule has 2 aromatic rings. The van der Waals surface area contributed by atoms with Crippen molar-refractivity contribution >= 4 is 27.4 Å². The molecule has 4 rings (SSSR count). The summed E-state index contributed by atoms with van der Waals surface area (Å²) in [5.74, 6) is 0.0309. The predicted molar refractivity (Wildman–Crippen MR) is 127 cm³/mol. The lowest BCUT2D eigenvalue weighted by molar-refractivity contribution is 0.0601. The molecule has 0 bridgehead atoms. The molecular weight excluding hydrogens is 424 g/mol. The first kappa shape index (κ1) is 22.6. The van der Waals surface area contributed by atoms with Gasteiger partial charge < -0.3 is 9.64 Å². The SMILES string of the molecule is COC(=O)c1ccc(N2CCCCC2)c(NS(=O)(=O)c2ccc(C3CCCCC3)cc2)c1. The van der Waals surface area contributed by atoms with E-state index in [0.29, 0.717) is 17.2 Å². The molecule has 1 aliphatic carbocycles. The van der Waals surface area contributed by atoms with Gasteiger partial charge in [-0.2, -0.15) is 0 Å². The molecule has 0 aromatic heterocycles. The molecule has 2 fully saturated rings.